The van der Waals surface area contributed by atoms with Crippen LogP contribution in [0.5, 0.6) is 5.75 Å². The van der Waals surface area contributed by atoms with Crippen molar-refractivity contribution in [3.05, 3.63) is 44.3 Å². The molecule has 0 unspecified atom stereocenters. The second-order valence-corrected chi connectivity index (χ2v) is 6.98. The summed E-state index contributed by atoms with van der Waals surface area (Å²) in [6.07, 6.45) is 4.83. The summed E-state index contributed by atoms with van der Waals surface area (Å²) in [5.74, 6) is 1.33. The van der Waals surface area contributed by atoms with Gasteiger partial charge < -0.3 is 4.74 Å². The summed E-state index contributed by atoms with van der Waals surface area (Å²) in [5, 5.41) is 19.1. The van der Waals surface area contributed by atoms with Crippen molar-refractivity contribution in [2.75, 3.05) is 7.11 Å². The number of aromatic nitrogens is 5. The minimum Gasteiger partial charge on any atom is -0.496 e. The molecule has 3 aromatic rings. The number of hydrogen-bond donors (Lipinski definition) is 2. The third-order valence-corrected chi connectivity index (χ3v) is 4.93. The molecule has 128 valence electrons. The van der Waals surface area contributed by atoms with Crippen LogP contribution in [0.1, 0.15) is 23.2 Å². The zero-order chi connectivity index (χ0) is 17.4. The normalized spacial score (nSPS) is 13.5. The molecule has 2 aromatic heterocycles. The minimum atomic E-state index is 0.412. The highest BCUT2D eigenvalue weighted by atomic mass is 79.9. The average molecular weight is 419 g/mol. The molecule has 0 amide bonds. The van der Waals surface area contributed by atoms with Gasteiger partial charge in [0, 0.05) is 21.3 Å². The molecule has 1 aromatic carbocycles. The van der Waals surface area contributed by atoms with E-state index >= 15 is 0 Å². The van der Waals surface area contributed by atoms with Crippen molar-refractivity contribution in [3.8, 4) is 17.3 Å². The van der Waals surface area contributed by atoms with Gasteiger partial charge in [-0.2, -0.15) is 20.0 Å². The molecule has 4 rings (SSSR count). The molecule has 7 nitrogen and oxygen atoms in total. The van der Waals surface area contributed by atoms with Crippen LogP contribution >= 0.6 is 28.1 Å². The van der Waals surface area contributed by atoms with Crippen LogP contribution in [0.2, 0.25) is 0 Å². The Morgan fingerprint density at radius 1 is 1.32 bits per heavy atom. The maximum absolute atomic E-state index is 5.38. The molecule has 1 aliphatic rings. The number of halogens is 1. The largest absolute Gasteiger partial charge is 0.496 e. The van der Waals surface area contributed by atoms with Gasteiger partial charge in [0.05, 0.1) is 13.3 Å². The van der Waals surface area contributed by atoms with Crippen LogP contribution in [0.25, 0.3) is 11.5 Å². The summed E-state index contributed by atoms with van der Waals surface area (Å²) >= 11 is 8.79. The van der Waals surface area contributed by atoms with E-state index in [1.165, 1.54) is 11.3 Å². The highest BCUT2D eigenvalue weighted by Gasteiger charge is 2.23. The van der Waals surface area contributed by atoms with Gasteiger partial charge in [0.2, 0.25) is 10.6 Å². The molecule has 0 bridgehead atoms. The van der Waals surface area contributed by atoms with E-state index in [9.17, 15) is 0 Å². The van der Waals surface area contributed by atoms with Crippen LogP contribution in [0.3, 0.4) is 0 Å². The van der Waals surface area contributed by atoms with E-state index in [-0.39, 0.29) is 0 Å². The number of fused-ring (bicyclic) bond motifs is 1. The number of rotatable bonds is 4. The molecular formula is C16H15BrN6OS. The Bertz CT molecular complexity index is 1020. The lowest BCUT2D eigenvalue weighted by atomic mass is 10.2. The monoisotopic (exact) mass is 418 g/mol. The van der Waals surface area contributed by atoms with Gasteiger partial charge in [-0.05, 0) is 49.7 Å². The number of benzene rings is 1. The smallest absolute Gasteiger partial charge is 0.216 e. The number of aromatic amines is 2. The average Bonchev–Trinajstić information content (AvgIpc) is 3.29. The number of nitrogens with one attached hydrogen (secondary N) is 2. The van der Waals surface area contributed by atoms with Crippen molar-refractivity contribution < 1.29 is 4.74 Å². The SMILES string of the molecule is COc1ccc(Br)cc1/C=N\n1c(-c2n[nH]c3c2CCC3)n[nH]c1=S. The summed E-state index contributed by atoms with van der Waals surface area (Å²) in [6.45, 7) is 0. The van der Waals surface area contributed by atoms with Crippen molar-refractivity contribution in [1.82, 2.24) is 25.1 Å². The summed E-state index contributed by atoms with van der Waals surface area (Å²) in [7, 11) is 1.63. The van der Waals surface area contributed by atoms with Crippen molar-refractivity contribution in [3.63, 3.8) is 0 Å². The van der Waals surface area contributed by atoms with E-state index in [0.717, 1.165) is 40.7 Å². The standard InChI is InChI=1S/C16H15BrN6OS/c1-24-13-6-5-10(17)7-9(13)8-18-23-15(21-22-16(23)25)14-11-3-2-4-12(11)19-20-14/h5-8H,2-4H2,1H3,(H,19,20)(H,22,25)/b18-8-. The maximum Gasteiger partial charge on any atom is 0.216 e. The number of methoxy groups -OCH3 is 1. The van der Waals surface area contributed by atoms with Gasteiger partial charge in [-0.3, -0.25) is 5.10 Å². The van der Waals surface area contributed by atoms with E-state index in [1.807, 2.05) is 18.2 Å². The van der Waals surface area contributed by atoms with Crippen molar-refractivity contribution in [2.24, 2.45) is 5.10 Å². The van der Waals surface area contributed by atoms with Gasteiger partial charge in [-0.25, -0.2) is 5.10 Å². The fourth-order valence-corrected chi connectivity index (χ4v) is 3.54. The van der Waals surface area contributed by atoms with Crippen LogP contribution < -0.4 is 4.74 Å². The summed E-state index contributed by atoms with van der Waals surface area (Å²) in [6, 6.07) is 5.72. The zero-order valence-electron chi connectivity index (χ0n) is 13.4. The first kappa shape index (κ1) is 16.2. The summed E-state index contributed by atoms with van der Waals surface area (Å²) in [4.78, 5) is 0. The number of nitrogens with zero attached hydrogens (tertiary/aromatic N) is 4. The third kappa shape index (κ3) is 2.93. The van der Waals surface area contributed by atoms with E-state index < -0.39 is 0 Å². The number of ether oxygens (including phenoxy) is 1. The van der Waals surface area contributed by atoms with Crippen molar-refractivity contribution >= 4 is 34.4 Å². The van der Waals surface area contributed by atoms with Gasteiger partial charge >= 0.3 is 0 Å². The second-order valence-electron chi connectivity index (χ2n) is 5.68. The molecule has 25 heavy (non-hydrogen) atoms. The Kier molecular flexibility index (Phi) is 4.26. The van der Waals surface area contributed by atoms with Crippen molar-refractivity contribution in [1.29, 1.82) is 0 Å². The van der Waals surface area contributed by atoms with Crippen LogP contribution in [-0.4, -0.2) is 38.4 Å². The highest BCUT2D eigenvalue weighted by Crippen LogP contribution is 2.29. The molecule has 1 aliphatic carbocycles. The van der Waals surface area contributed by atoms with E-state index in [4.69, 9.17) is 17.0 Å². The van der Waals surface area contributed by atoms with Gasteiger partial charge in [-0.15, -0.1) is 0 Å². The summed E-state index contributed by atoms with van der Waals surface area (Å²) in [5.41, 5.74) is 4.01. The maximum atomic E-state index is 5.38. The Hall–Kier alpha value is -2.26. The quantitative estimate of drug-likeness (QED) is 0.501. The Morgan fingerprint density at radius 3 is 3.04 bits per heavy atom. The molecule has 2 heterocycles. The van der Waals surface area contributed by atoms with Gasteiger partial charge in [-0.1, -0.05) is 15.9 Å². The molecule has 0 atom stereocenters. The molecule has 0 fully saturated rings. The third-order valence-electron chi connectivity index (χ3n) is 4.17. The number of hydrogen-bond acceptors (Lipinski definition) is 5. The molecule has 0 radical (unpaired) electrons. The molecule has 0 saturated carbocycles. The highest BCUT2D eigenvalue weighted by molar-refractivity contribution is 9.10. The summed E-state index contributed by atoms with van der Waals surface area (Å²) < 4.78 is 8.32. The topological polar surface area (TPSA) is 83.9 Å². The lowest BCUT2D eigenvalue weighted by Crippen LogP contribution is -1.98. The molecule has 0 saturated heterocycles. The fourth-order valence-electron chi connectivity index (χ4n) is 2.98. The van der Waals surface area contributed by atoms with Crippen LogP contribution in [0.4, 0.5) is 0 Å². The van der Waals surface area contributed by atoms with E-state index in [2.05, 4.69) is 41.4 Å². The lowest BCUT2D eigenvalue weighted by molar-refractivity contribution is 0.414. The second kappa shape index (κ2) is 6.57. The number of aryl methyl sites for hydroxylation is 1. The first-order valence-corrected chi connectivity index (χ1v) is 8.99. The van der Waals surface area contributed by atoms with Gasteiger partial charge in [0.25, 0.3) is 0 Å². The first-order valence-electron chi connectivity index (χ1n) is 7.79. The van der Waals surface area contributed by atoms with Crippen LogP contribution in [-0.2, 0) is 12.8 Å². The van der Waals surface area contributed by atoms with Gasteiger partial charge in [0.15, 0.2) is 0 Å². The molecule has 0 spiro atoms. The lowest BCUT2D eigenvalue weighted by Gasteiger charge is -2.05. The predicted octanol–water partition coefficient (Wildman–Crippen LogP) is 3.47. The fraction of sp³-hybridized carbons (Fsp3) is 0.250. The molecule has 2 N–H and O–H groups in total. The minimum absolute atomic E-state index is 0.412. The van der Waals surface area contributed by atoms with E-state index in [0.29, 0.717) is 10.6 Å². The molecule has 0 aliphatic heterocycles. The van der Waals surface area contributed by atoms with Crippen LogP contribution in [0, 0.1) is 4.77 Å². The Labute approximate surface area is 157 Å². The molecule has 9 heteroatoms. The Balaban J connectivity index is 1.76. The van der Waals surface area contributed by atoms with Crippen molar-refractivity contribution in [2.45, 2.75) is 19.3 Å². The number of H-pyrrole nitrogens is 2. The zero-order valence-corrected chi connectivity index (χ0v) is 15.8. The van der Waals surface area contributed by atoms with E-state index in [1.54, 1.807) is 18.0 Å². The first-order chi connectivity index (χ1) is 12.2. The predicted molar refractivity (Wildman–Crippen MR) is 101 cm³/mol. The Morgan fingerprint density at radius 2 is 2.20 bits per heavy atom. The van der Waals surface area contributed by atoms with Crippen LogP contribution in [0.15, 0.2) is 27.8 Å². The van der Waals surface area contributed by atoms with Gasteiger partial charge in [0.1, 0.15) is 11.4 Å². The molecular weight excluding hydrogens is 404 g/mol.